The van der Waals surface area contributed by atoms with Gasteiger partial charge < -0.3 is 14.8 Å². The maximum atomic E-state index is 13.2. The largest absolute Gasteiger partial charge is 0.461 e. The Hall–Kier alpha value is -3.90. The zero-order valence-electron chi connectivity index (χ0n) is 22.0. The van der Waals surface area contributed by atoms with Gasteiger partial charge in [0.25, 0.3) is 5.56 Å². The minimum absolute atomic E-state index is 0.193. The van der Waals surface area contributed by atoms with Crippen LogP contribution in [0.3, 0.4) is 0 Å². The summed E-state index contributed by atoms with van der Waals surface area (Å²) in [6.07, 6.45) is 1.85. The number of nitrogens with zero attached hydrogens (tertiary/aromatic N) is 3. The number of thiazole rings is 1. The monoisotopic (exact) mass is 568 g/mol. The van der Waals surface area contributed by atoms with Crippen molar-refractivity contribution in [3.05, 3.63) is 73.6 Å². The fourth-order valence-electron chi connectivity index (χ4n) is 3.70. The lowest BCUT2D eigenvalue weighted by molar-refractivity contribution is -0.116. The molecule has 3 heterocycles. The summed E-state index contributed by atoms with van der Waals surface area (Å²) in [6.45, 7) is 7.36. The van der Waals surface area contributed by atoms with Crippen molar-refractivity contribution in [1.29, 1.82) is 0 Å². The maximum absolute atomic E-state index is 13.2. The van der Waals surface area contributed by atoms with Crippen LogP contribution in [0.2, 0.25) is 0 Å². The van der Waals surface area contributed by atoms with E-state index in [1.165, 1.54) is 10.9 Å². The molecule has 1 amide bonds. The molecular weight excluding hydrogens is 540 g/mol. The quantitative estimate of drug-likeness (QED) is 0.279. The summed E-state index contributed by atoms with van der Waals surface area (Å²) in [5.41, 5.74) is 1.52. The molecule has 0 bridgehead atoms. The van der Waals surface area contributed by atoms with Gasteiger partial charge in [-0.05, 0) is 30.9 Å². The number of fused-ring (bicyclic) bond motifs is 1. The van der Waals surface area contributed by atoms with Crippen LogP contribution < -0.4 is 10.9 Å². The first-order valence-corrected chi connectivity index (χ1v) is 13.9. The van der Waals surface area contributed by atoms with Crippen molar-refractivity contribution < 1.29 is 23.9 Å². The van der Waals surface area contributed by atoms with E-state index in [1.807, 2.05) is 44.2 Å². The van der Waals surface area contributed by atoms with Gasteiger partial charge in [-0.1, -0.05) is 55.5 Å². The van der Waals surface area contributed by atoms with Crippen LogP contribution in [0.25, 0.3) is 10.2 Å². The highest BCUT2D eigenvalue weighted by Gasteiger charge is 2.22. The molecular formula is C27H28N4O6S2. The smallest absolute Gasteiger partial charge is 0.350 e. The van der Waals surface area contributed by atoms with Crippen LogP contribution in [0.5, 0.6) is 0 Å². The molecule has 0 aliphatic rings. The van der Waals surface area contributed by atoms with E-state index in [-0.39, 0.29) is 36.2 Å². The van der Waals surface area contributed by atoms with Gasteiger partial charge in [-0.3, -0.25) is 14.2 Å². The molecule has 0 fully saturated rings. The number of hydrogen-bond acceptors (Lipinski definition) is 10. The molecule has 0 spiro atoms. The number of carbonyl (C=O) groups excluding carboxylic acids is 3. The number of aryl methyl sites for hydroxylation is 2. The summed E-state index contributed by atoms with van der Waals surface area (Å²) in [5.74, 6) is -1.33. The topological polar surface area (TPSA) is 129 Å². The molecule has 4 rings (SSSR count). The number of anilines is 1. The molecule has 1 N–H and O–H groups in total. The molecule has 0 aliphatic heterocycles. The van der Waals surface area contributed by atoms with Gasteiger partial charge in [0.15, 0.2) is 5.13 Å². The molecule has 0 saturated heterocycles. The molecule has 4 aromatic rings. The summed E-state index contributed by atoms with van der Waals surface area (Å²) < 4.78 is 11.8. The predicted octanol–water partition coefficient (Wildman–Crippen LogP) is 4.38. The molecule has 0 atom stereocenters. The van der Waals surface area contributed by atoms with Crippen LogP contribution in [0.4, 0.5) is 5.13 Å². The SMILES string of the molecule is Cc1nc(NC(=O)Cn2cnc3sc(C(=O)OCCc4ccccc4)c(C)c3c2=O)sc1C(=O)OCC(C)C. The highest BCUT2D eigenvalue weighted by molar-refractivity contribution is 7.20. The Morgan fingerprint density at radius 2 is 1.74 bits per heavy atom. The highest BCUT2D eigenvalue weighted by Crippen LogP contribution is 2.28. The predicted molar refractivity (Wildman–Crippen MR) is 150 cm³/mol. The van der Waals surface area contributed by atoms with Gasteiger partial charge >= 0.3 is 11.9 Å². The van der Waals surface area contributed by atoms with Gasteiger partial charge in [0.05, 0.1) is 30.6 Å². The van der Waals surface area contributed by atoms with E-state index in [2.05, 4.69) is 15.3 Å². The average Bonchev–Trinajstić information content (AvgIpc) is 3.44. The van der Waals surface area contributed by atoms with Crippen molar-refractivity contribution >= 4 is 55.9 Å². The van der Waals surface area contributed by atoms with E-state index >= 15 is 0 Å². The first-order chi connectivity index (χ1) is 18.6. The van der Waals surface area contributed by atoms with E-state index in [9.17, 15) is 19.2 Å². The van der Waals surface area contributed by atoms with Gasteiger partial charge in [0.2, 0.25) is 5.91 Å². The molecule has 0 radical (unpaired) electrons. The lowest BCUT2D eigenvalue weighted by Gasteiger charge is -2.06. The Kier molecular flexibility index (Phi) is 8.87. The Balaban J connectivity index is 1.43. The number of nitrogens with one attached hydrogen (secondary N) is 1. The van der Waals surface area contributed by atoms with Crippen molar-refractivity contribution in [3.8, 4) is 0 Å². The Morgan fingerprint density at radius 3 is 2.46 bits per heavy atom. The minimum atomic E-state index is -0.517. The van der Waals surface area contributed by atoms with Gasteiger partial charge in [-0.2, -0.15) is 0 Å². The Morgan fingerprint density at radius 1 is 1.03 bits per heavy atom. The average molecular weight is 569 g/mol. The summed E-state index contributed by atoms with van der Waals surface area (Å²) in [7, 11) is 0. The van der Waals surface area contributed by atoms with Gasteiger partial charge in [-0.15, -0.1) is 11.3 Å². The number of esters is 2. The lowest BCUT2D eigenvalue weighted by Crippen LogP contribution is -2.27. The Bertz CT molecular complexity index is 1570. The summed E-state index contributed by atoms with van der Waals surface area (Å²) in [5, 5.41) is 3.12. The van der Waals surface area contributed by atoms with Gasteiger partial charge in [0, 0.05) is 6.42 Å². The van der Waals surface area contributed by atoms with Crippen molar-refractivity contribution in [2.45, 2.75) is 40.7 Å². The number of carbonyl (C=O) groups is 3. The standard InChI is InChI=1S/C27H28N4O6S2/c1-15(2)13-37-26(35)22-17(4)29-27(39-22)30-19(32)12-31-14-28-23-20(24(31)33)16(3)21(38-23)25(34)36-11-10-18-8-6-5-7-9-18/h5-9,14-15H,10-13H2,1-4H3,(H,29,30,32). The van der Waals surface area contributed by atoms with E-state index in [4.69, 9.17) is 9.47 Å². The van der Waals surface area contributed by atoms with Crippen LogP contribution in [-0.4, -0.2) is 45.6 Å². The van der Waals surface area contributed by atoms with Crippen LogP contribution in [-0.2, 0) is 27.2 Å². The summed E-state index contributed by atoms with van der Waals surface area (Å²) >= 11 is 2.09. The number of amides is 1. The minimum Gasteiger partial charge on any atom is -0.461 e. The third-order valence-corrected chi connectivity index (χ3v) is 7.89. The number of ether oxygens (including phenoxy) is 2. The summed E-state index contributed by atoms with van der Waals surface area (Å²) in [6, 6.07) is 9.67. The fraction of sp³-hybridized carbons (Fsp3) is 0.333. The molecule has 0 unspecified atom stereocenters. The van der Waals surface area contributed by atoms with E-state index in [0.717, 1.165) is 28.2 Å². The van der Waals surface area contributed by atoms with Crippen molar-refractivity contribution in [2.24, 2.45) is 5.92 Å². The van der Waals surface area contributed by atoms with Gasteiger partial charge in [-0.25, -0.2) is 19.6 Å². The van der Waals surface area contributed by atoms with Crippen LogP contribution in [0, 0.1) is 19.8 Å². The van der Waals surface area contributed by atoms with Crippen molar-refractivity contribution in [1.82, 2.24) is 14.5 Å². The Labute approximate surface area is 232 Å². The normalized spacial score (nSPS) is 11.1. The van der Waals surface area contributed by atoms with Gasteiger partial charge in [0.1, 0.15) is 21.1 Å². The van der Waals surface area contributed by atoms with Crippen LogP contribution in [0.15, 0.2) is 41.5 Å². The van der Waals surface area contributed by atoms with Crippen LogP contribution in [0.1, 0.15) is 50.0 Å². The second-order valence-electron chi connectivity index (χ2n) is 9.26. The zero-order chi connectivity index (χ0) is 28.1. The second-order valence-corrected chi connectivity index (χ2v) is 11.3. The maximum Gasteiger partial charge on any atom is 0.350 e. The molecule has 12 heteroatoms. The molecule has 204 valence electrons. The number of aromatic nitrogens is 3. The van der Waals surface area contributed by atoms with Crippen molar-refractivity contribution in [2.75, 3.05) is 18.5 Å². The third-order valence-electron chi connectivity index (χ3n) is 5.66. The van der Waals surface area contributed by atoms with E-state index < -0.39 is 23.4 Å². The van der Waals surface area contributed by atoms with Crippen molar-refractivity contribution in [3.63, 3.8) is 0 Å². The number of hydrogen-bond donors (Lipinski definition) is 1. The number of benzene rings is 1. The number of rotatable bonds is 10. The molecule has 39 heavy (non-hydrogen) atoms. The molecule has 0 aliphatic carbocycles. The molecule has 3 aromatic heterocycles. The highest BCUT2D eigenvalue weighted by atomic mass is 32.1. The molecule has 0 saturated carbocycles. The molecule has 1 aromatic carbocycles. The van der Waals surface area contributed by atoms with E-state index in [0.29, 0.717) is 32.3 Å². The van der Waals surface area contributed by atoms with E-state index in [1.54, 1.807) is 13.8 Å². The zero-order valence-corrected chi connectivity index (χ0v) is 23.6. The lowest BCUT2D eigenvalue weighted by atomic mass is 10.2. The third kappa shape index (κ3) is 6.76. The van der Waals surface area contributed by atoms with Crippen LogP contribution >= 0.6 is 22.7 Å². The first kappa shape index (κ1) is 28.1. The first-order valence-electron chi connectivity index (χ1n) is 12.3. The number of thiophene rings is 1. The second kappa shape index (κ2) is 12.3. The summed E-state index contributed by atoms with van der Waals surface area (Å²) in [4.78, 5) is 60.4. The fourth-order valence-corrected chi connectivity index (χ4v) is 5.61. The molecule has 10 nitrogen and oxygen atoms in total.